The van der Waals surface area contributed by atoms with Crippen molar-refractivity contribution in [1.82, 2.24) is 19.8 Å². The molecule has 0 N–H and O–H groups in total. The van der Waals surface area contributed by atoms with Crippen LogP contribution in [0.2, 0.25) is 0 Å². The number of rotatable bonds is 8. The summed E-state index contributed by atoms with van der Waals surface area (Å²) in [6, 6.07) is 13.3. The molecule has 0 bridgehead atoms. The minimum atomic E-state index is 0.492. The number of nitrogens with zero attached hydrogens (tertiary/aromatic N) is 4. The molecule has 158 valence electrons. The van der Waals surface area contributed by atoms with Crippen LogP contribution in [0.25, 0.3) is 10.9 Å². The van der Waals surface area contributed by atoms with Crippen LogP contribution < -0.4 is 14.2 Å². The lowest BCUT2D eigenvalue weighted by Crippen LogP contribution is -2.44. The highest BCUT2D eigenvalue weighted by molar-refractivity contribution is 5.87. The molecule has 0 spiro atoms. The highest BCUT2D eigenvalue weighted by atomic mass is 16.5. The number of hydrogen-bond donors (Lipinski definition) is 0. The van der Waals surface area contributed by atoms with Gasteiger partial charge in [0.2, 0.25) is 5.88 Å². The molecule has 7 heteroatoms. The van der Waals surface area contributed by atoms with Crippen molar-refractivity contribution in [2.75, 3.05) is 53.5 Å². The van der Waals surface area contributed by atoms with E-state index in [1.165, 1.54) is 6.33 Å². The van der Waals surface area contributed by atoms with Crippen LogP contribution in [0, 0.1) is 0 Å². The maximum Gasteiger partial charge on any atom is 0.230 e. The Morgan fingerprint density at radius 1 is 0.967 bits per heavy atom. The third kappa shape index (κ3) is 4.98. The van der Waals surface area contributed by atoms with Gasteiger partial charge < -0.3 is 24.0 Å². The fourth-order valence-corrected chi connectivity index (χ4v) is 3.54. The molecule has 0 atom stereocenters. The number of likely N-dealkylation sites (N-methyl/N-ethyl adjacent to an activating group) is 1. The summed E-state index contributed by atoms with van der Waals surface area (Å²) in [5.41, 5.74) is 0.755. The van der Waals surface area contributed by atoms with Gasteiger partial charge >= 0.3 is 0 Å². The summed E-state index contributed by atoms with van der Waals surface area (Å²) >= 11 is 0. The normalized spacial score (nSPS) is 15.3. The maximum atomic E-state index is 6.04. The van der Waals surface area contributed by atoms with Gasteiger partial charge in [-0.2, -0.15) is 0 Å². The molecule has 1 aliphatic heterocycles. The molecule has 1 saturated heterocycles. The molecule has 2 heterocycles. The number of hydrogen-bond acceptors (Lipinski definition) is 7. The van der Waals surface area contributed by atoms with Crippen LogP contribution in [0.3, 0.4) is 0 Å². The number of ether oxygens (including phenoxy) is 3. The summed E-state index contributed by atoms with van der Waals surface area (Å²) in [6.45, 7) is 6.18. The quantitative estimate of drug-likeness (QED) is 0.529. The van der Waals surface area contributed by atoms with Crippen molar-refractivity contribution in [3.05, 3.63) is 48.8 Å². The summed E-state index contributed by atoms with van der Waals surface area (Å²) < 4.78 is 17.6. The molecule has 7 nitrogen and oxygen atoms in total. The van der Waals surface area contributed by atoms with E-state index < -0.39 is 0 Å². The van der Waals surface area contributed by atoms with Crippen LogP contribution in [-0.4, -0.2) is 73.3 Å². The number of fused-ring (bicyclic) bond motifs is 1. The van der Waals surface area contributed by atoms with E-state index in [0.29, 0.717) is 24.0 Å². The van der Waals surface area contributed by atoms with E-state index in [1.807, 2.05) is 42.5 Å². The largest absolute Gasteiger partial charge is 0.493 e. The van der Waals surface area contributed by atoms with E-state index in [4.69, 9.17) is 14.2 Å². The highest BCUT2D eigenvalue weighted by Crippen LogP contribution is 2.36. The number of methoxy groups -OCH3 is 1. The van der Waals surface area contributed by atoms with Crippen molar-refractivity contribution in [2.24, 2.45) is 0 Å². The van der Waals surface area contributed by atoms with Crippen molar-refractivity contribution in [3.8, 4) is 23.1 Å². The zero-order chi connectivity index (χ0) is 20.8. The fraction of sp³-hybridized carbons (Fsp3) is 0.391. The number of aromatic nitrogens is 2. The summed E-state index contributed by atoms with van der Waals surface area (Å²) in [5.74, 6) is 2.55. The van der Waals surface area contributed by atoms with Gasteiger partial charge in [0, 0.05) is 38.8 Å². The second kappa shape index (κ2) is 9.73. The third-order valence-corrected chi connectivity index (χ3v) is 5.31. The smallest absolute Gasteiger partial charge is 0.230 e. The van der Waals surface area contributed by atoms with E-state index in [2.05, 4.69) is 26.8 Å². The Balaban J connectivity index is 1.43. The van der Waals surface area contributed by atoms with Gasteiger partial charge in [-0.15, -0.1) is 0 Å². The number of para-hydroxylation sites is 1. The van der Waals surface area contributed by atoms with Gasteiger partial charge in [0.15, 0.2) is 11.5 Å². The Hall–Kier alpha value is -2.90. The molecule has 2 aromatic carbocycles. The van der Waals surface area contributed by atoms with E-state index in [-0.39, 0.29) is 0 Å². The molecule has 30 heavy (non-hydrogen) atoms. The van der Waals surface area contributed by atoms with Gasteiger partial charge in [0.05, 0.1) is 24.6 Å². The molecule has 4 rings (SSSR count). The summed E-state index contributed by atoms with van der Waals surface area (Å²) in [7, 11) is 3.81. The minimum absolute atomic E-state index is 0.492. The molecule has 1 aliphatic rings. The maximum absolute atomic E-state index is 6.04. The van der Waals surface area contributed by atoms with Crippen LogP contribution in [0.5, 0.6) is 23.1 Å². The molecule has 0 saturated carbocycles. The van der Waals surface area contributed by atoms with E-state index >= 15 is 0 Å². The van der Waals surface area contributed by atoms with Gasteiger partial charge in [0.25, 0.3) is 0 Å². The zero-order valence-corrected chi connectivity index (χ0v) is 17.6. The van der Waals surface area contributed by atoms with Crippen LogP contribution >= 0.6 is 0 Å². The Labute approximate surface area is 177 Å². The van der Waals surface area contributed by atoms with Crippen LogP contribution in [0.15, 0.2) is 48.8 Å². The summed E-state index contributed by atoms with van der Waals surface area (Å²) in [6.07, 6.45) is 2.47. The SMILES string of the molecule is COc1cc2c(Oc3ccccc3)ncnc2cc1OCCCN1CCN(C)CC1. The average molecular weight is 409 g/mol. The Kier molecular flexibility index (Phi) is 6.61. The monoisotopic (exact) mass is 408 g/mol. The molecule has 0 radical (unpaired) electrons. The highest BCUT2D eigenvalue weighted by Gasteiger charge is 2.15. The fourth-order valence-electron chi connectivity index (χ4n) is 3.54. The first-order chi connectivity index (χ1) is 14.7. The van der Waals surface area contributed by atoms with E-state index in [1.54, 1.807) is 7.11 Å². The van der Waals surface area contributed by atoms with Crippen molar-refractivity contribution >= 4 is 10.9 Å². The predicted molar refractivity (Wildman–Crippen MR) is 117 cm³/mol. The second-order valence-electron chi connectivity index (χ2n) is 7.46. The first-order valence-electron chi connectivity index (χ1n) is 10.3. The Morgan fingerprint density at radius 3 is 2.53 bits per heavy atom. The zero-order valence-electron chi connectivity index (χ0n) is 17.6. The van der Waals surface area contributed by atoms with Crippen molar-refractivity contribution in [3.63, 3.8) is 0 Å². The molecule has 0 unspecified atom stereocenters. The van der Waals surface area contributed by atoms with Crippen LogP contribution in [-0.2, 0) is 0 Å². The third-order valence-electron chi connectivity index (χ3n) is 5.31. The lowest BCUT2D eigenvalue weighted by Gasteiger charge is -2.32. The molecule has 1 aromatic heterocycles. The van der Waals surface area contributed by atoms with Gasteiger partial charge in [-0.25, -0.2) is 9.97 Å². The van der Waals surface area contributed by atoms with Crippen molar-refractivity contribution in [2.45, 2.75) is 6.42 Å². The molecule has 0 aliphatic carbocycles. The summed E-state index contributed by atoms with van der Waals surface area (Å²) in [4.78, 5) is 13.5. The first-order valence-corrected chi connectivity index (χ1v) is 10.3. The van der Waals surface area contributed by atoms with Gasteiger partial charge in [-0.3, -0.25) is 0 Å². The van der Waals surface area contributed by atoms with Crippen LogP contribution in [0.1, 0.15) is 6.42 Å². The number of piperazine rings is 1. The van der Waals surface area contributed by atoms with Gasteiger partial charge in [-0.05, 0) is 31.7 Å². The lowest BCUT2D eigenvalue weighted by molar-refractivity contribution is 0.145. The van der Waals surface area contributed by atoms with Crippen LogP contribution in [0.4, 0.5) is 0 Å². The average Bonchev–Trinajstić information content (AvgIpc) is 2.78. The Morgan fingerprint density at radius 2 is 1.77 bits per heavy atom. The lowest BCUT2D eigenvalue weighted by atomic mass is 10.2. The summed E-state index contributed by atoms with van der Waals surface area (Å²) in [5, 5.41) is 0.781. The minimum Gasteiger partial charge on any atom is -0.493 e. The standard InChI is InChI=1S/C23H28N4O3/c1-26-10-12-27(13-11-26)9-6-14-29-22-16-20-19(15-21(22)28-2)23(25-17-24-20)30-18-7-4-3-5-8-18/h3-5,7-8,15-17H,6,9-14H2,1-2H3. The Bertz CT molecular complexity index is 959. The van der Waals surface area contributed by atoms with Gasteiger partial charge in [-0.1, -0.05) is 18.2 Å². The van der Waals surface area contributed by atoms with E-state index in [9.17, 15) is 0 Å². The molecular weight excluding hydrogens is 380 g/mol. The predicted octanol–water partition coefficient (Wildman–Crippen LogP) is 3.45. The number of benzene rings is 2. The topological polar surface area (TPSA) is 60.0 Å². The van der Waals surface area contributed by atoms with E-state index in [0.717, 1.165) is 55.8 Å². The van der Waals surface area contributed by atoms with Crippen molar-refractivity contribution in [1.29, 1.82) is 0 Å². The first kappa shape index (κ1) is 20.4. The van der Waals surface area contributed by atoms with Crippen molar-refractivity contribution < 1.29 is 14.2 Å². The molecule has 0 amide bonds. The molecule has 3 aromatic rings. The van der Waals surface area contributed by atoms with Gasteiger partial charge in [0.1, 0.15) is 12.1 Å². The second-order valence-corrected chi connectivity index (χ2v) is 7.46. The molecule has 1 fully saturated rings. The molecular formula is C23H28N4O3.